The molecule has 1 amide bonds. The number of nitrogens with zero attached hydrogens (tertiary/aromatic N) is 1. The number of amides is 1. The number of hydrogen-bond donors (Lipinski definition) is 1. The van der Waals surface area contributed by atoms with E-state index >= 15 is 0 Å². The van der Waals surface area contributed by atoms with Crippen LogP contribution in [0.1, 0.15) is 30.0 Å². The standard InChI is InChI=1S/C20H20BrClN2O4/c1-27-20(26)28-13-7-8-14(15(21)10-13)17(23)11-18(25)24-9-3-5-12-4-2-6-16(22)19(12)24/h2,4,6-8,10,17H,3,5,9,11,23H2,1H3. The number of fused-ring (bicyclic) bond motifs is 1. The van der Waals surface area contributed by atoms with Crippen LogP contribution in [0.3, 0.4) is 0 Å². The smallest absolute Gasteiger partial charge is 0.437 e. The summed E-state index contributed by atoms with van der Waals surface area (Å²) < 4.78 is 10.1. The number of anilines is 1. The Balaban J connectivity index is 1.74. The van der Waals surface area contributed by atoms with Crippen LogP contribution in [0.25, 0.3) is 0 Å². The Kier molecular flexibility index (Phi) is 6.59. The molecule has 0 aromatic heterocycles. The largest absolute Gasteiger partial charge is 0.513 e. The molecule has 0 saturated heterocycles. The number of nitrogens with two attached hydrogens (primary N) is 1. The first-order valence-corrected chi connectivity index (χ1v) is 9.96. The van der Waals surface area contributed by atoms with Crippen molar-refractivity contribution in [3.05, 3.63) is 57.0 Å². The molecule has 2 aromatic carbocycles. The number of hydrogen-bond acceptors (Lipinski definition) is 5. The average molecular weight is 468 g/mol. The molecular formula is C20H20BrClN2O4. The van der Waals surface area contributed by atoms with Gasteiger partial charge in [-0.15, -0.1) is 0 Å². The molecule has 8 heteroatoms. The fraction of sp³-hybridized carbons (Fsp3) is 0.300. The minimum atomic E-state index is -0.806. The highest BCUT2D eigenvalue weighted by Crippen LogP contribution is 2.36. The van der Waals surface area contributed by atoms with Gasteiger partial charge in [0, 0.05) is 23.5 Å². The van der Waals surface area contributed by atoms with Crippen LogP contribution in [-0.2, 0) is 16.0 Å². The zero-order valence-electron chi connectivity index (χ0n) is 15.3. The maximum atomic E-state index is 12.9. The van der Waals surface area contributed by atoms with Crippen molar-refractivity contribution >= 4 is 45.3 Å². The molecule has 0 fully saturated rings. The van der Waals surface area contributed by atoms with Gasteiger partial charge in [0.05, 0.1) is 17.8 Å². The lowest BCUT2D eigenvalue weighted by Gasteiger charge is -2.31. The fourth-order valence-electron chi connectivity index (χ4n) is 3.27. The number of aryl methyl sites for hydroxylation is 1. The molecule has 1 heterocycles. The molecule has 28 heavy (non-hydrogen) atoms. The van der Waals surface area contributed by atoms with Gasteiger partial charge in [-0.1, -0.05) is 45.7 Å². The van der Waals surface area contributed by atoms with E-state index < -0.39 is 12.2 Å². The molecule has 2 N–H and O–H groups in total. The number of carbonyl (C=O) groups is 2. The molecule has 148 valence electrons. The Labute approximate surface area is 176 Å². The van der Waals surface area contributed by atoms with E-state index in [1.54, 1.807) is 29.2 Å². The summed E-state index contributed by atoms with van der Waals surface area (Å²) in [5.41, 5.74) is 8.89. The third kappa shape index (κ3) is 4.48. The normalized spacial score (nSPS) is 14.2. The fourth-order valence-corrected chi connectivity index (χ4v) is 4.22. The van der Waals surface area contributed by atoms with Crippen molar-refractivity contribution in [1.82, 2.24) is 0 Å². The number of methoxy groups -OCH3 is 1. The Bertz CT molecular complexity index is 906. The third-order valence-corrected chi connectivity index (χ3v) is 5.59. The van der Waals surface area contributed by atoms with Gasteiger partial charge in [0.25, 0.3) is 0 Å². The lowest BCUT2D eigenvalue weighted by Crippen LogP contribution is -2.37. The van der Waals surface area contributed by atoms with E-state index in [-0.39, 0.29) is 12.3 Å². The number of rotatable bonds is 4. The van der Waals surface area contributed by atoms with E-state index in [2.05, 4.69) is 20.7 Å². The monoisotopic (exact) mass is 466 g/mol. The summed E-state index contributed by atoms with van der Waals surface area (Å²) >= 11 is 9.77. The number of halogens is 2. The van der Waals surface area contributed by atoms with Crippen molar-refractivity contribution in [2.45, 2.75) is 25.3 Å². The minimum absolute atomic E-state index is 0.0802. The summed E-state index contributed by atoms with van der Waals surface area (Å²) in [6.07, 6.45) is 1.11. The van der Waals surface area contributed by atoms with Gasteiger partial charge in [-0.3, -0.25) is 4.79 Å². The zero-order chi connectivity index (χ0) is 20.3. The van der Waals surface area contributed by atoms with Gasteiger partial charge in [0.1, 0.15) is 5.75 Å². The SMILES string of the molecule is COC(=O)Oc1ccc(C(N)CC(=O)N2CCCc3cccc(Cl)c32)c(Br)c1. The highest BCUT2D eigenvalue weighted by Gasteiger charge is 2.26. The van der Waals surface area contributed by atoms with Gasteiger partial charge in [-0.25, -0.2) is 4.79 Å². The molecule has 1 aliphatic rings. The highest BCUT2D eigenvalue weighted by molar-refractivity contribution is 9.10. The van der Waals surface area contributed by atoms with E-state index in [1.807, 2.05) is 12.1 Å². The molecule has 0 radical (unpaired) electrons. The molecule has 6 nitrogen and oxygen atoms in total. The predicted octanol–water partition coefficient (Wildman–Crippen LogP) is 4.62. The summed E-state index contributed by atoms with van der Waals surface area (Å²) in [6.45, 7) is 0.620. The second-order valence-corrected chi connectivity index (χ2v) is 7.71. The molecule has 2 aromatic rings. The number of ether oxygens (including phenoxy) is 2. The van der Waals surface area contributed by atoms with Crippen LogP contribution in [0.4, 0.5) is 10.5 Å². The van der Waals surface area contributed by atoms with Gasteiger partial charge in [-0.05, 0) is 42.2 Å². The lowest BCUT2D eigenvalue weighted by atomic mass is 9.99. The summed E-state index contributed by atoms with van der Waals surface area (Å²) in [4.78, 5) is 25.9. The minimum Gasteiger partial charge on any atom is -0.437 e. The molecule has 0 spiro atoms. The van der Waals surface area contributed by atoms with E-state index in [0.29, 0.717) is 21.8 Å². The van der Waals surface area contributed by atoms with Gasteiger partial charge in [-0.2, -0.15) is 0 Å². The van der Waals surface area contributed by atoms with E-state index in [9.17, 15) is 9.59 Å². The summed E-state index contributed by atoms with van der Waals surface area (Å²) in [5.74, 6) is 0.237. The number of para-hydroxylation sites is 1. The van der Waals surface area contributed by atoms with Crippen LogP contribution in [0.2, 0.25) is 5.02 Å². The molecular weight excluding hydrogens is 448 g/mol. The van der Waals surface area contributed by atoms with Gasteiger partial charge in [0.15, 0.2) is 0 Å². The second-order valence-electron chi connectivity index (χ2n) is 6.45. The third-order valence-electron chi connectivity index (χ3n) is 4.60. The summed E-state index contributed by atoms with van der Waals surface area (Å²) in [7, 11) is 1.23. The maximum absolute atomic E-state index is 12.9. The highest BCUT2D eigenvalue weighted by atomic mass is 79.9. The summed E-state index contributed by atoms with van der Waals surface area (Å²) in [6, 6.07) is 10.1. The van der Waals surface area contributed by atoms with Crippen molar-refractivity contribution in [2.75, 3.05) is 18.6 Å². The van der Waals surface area contributed by atoms with Crippen LogP contribution in [0.15, 0.2) is 40.9 Å². The maximum Gasteiger partial charge on any atom is 0.513 e. The van der Waals surface area contributed by atoms with Crippen LogP contribution < -0.4 is 15.4 Å². The van der Waals surface area contributed by atoms with Crippen LogP contribution in [0.5, 0.6) is 5.75 Å². The van der Waals surface area contributed by atoms with Crippen LogP contribution in [0, 0.1) is 0 Å². The van der Waals surface area contributed by atoms with Crippen molar-refractivity contribution < 1.29 is 19.1 Å². The van der Waals surface area contributed by atoms with Crippen molar-refractivity contribution in [3.8, 4) is 5.75 Å². The summed E-state index contributed by atoms with van der Waals surface area (Å²) in [5, 5.41) is 0.574. The predicted molar refractivity (Wildman–Crippen MR) is 111 cm³/mol. The molecule has 0 saturated carbocycles. The Morgan fingerprint density at radius 3 is 2.82 bits per heavy atom. The lowest BCUT2D eigenvalue weighted by molar-refractivity contribution is -0.119. The zero-order valence-corrected chi connectivity index (χ0v) is 17.6. The first-order valence-electron chi connectivity index (χ1n) is 8.79. The van der Waals surface area contributed by atoms with Crippen LogP contribution in [-0.4, -0.2) is 25.7 Å². The van der Waals surface area contributed by atoms with Crippen molar-refractivity contribution in [2.24, 2.45) is 5.73 Å². The topological polar surface area (TPSA) is 81.9 Å². The Hall–Kier alpha value is -2.09. The molecule has 0 bridgehead atoms. The van der Waals surface area contributed by atoms with E-state index in [1.165, 1.54) is 7.11 Å². The van der Waals surface area contributed by atoms with E-state index in [0.717, 1.165) is 29.7 Å². The molecule has 1 unspecified atom stereocenters. The number of benzene rings is 2. The van der Waals surface area contributed by atoms with Crippen molar-refractivity contribution in [1.29, 1.82) is 0 Å². The number of carbonyl (C=O) groups excluding carboxylic acids is 2. The first kappa shape index (κ1) is 20.6. The molecule has 1 aliphatic heterocycles. The van der Waals surface area contributed by atoms with Gasteiger partial charge < -0.3 is 20.1 Å². The van der Waals surface area contributed by atoms with E-state index in [4.69, 9.17) is 22.1 Å². The van der Waals surface area contributed by atoms with Crippen LogP contribution >= 0.6 is 27.5 Å². The van der Waals surface area contributed by atoms with Gasteiger partial charge >= 0.3 is 6.16 Å². The quantitative estimate of drug-likeness (QED) is 0.524. The molecule has 0 aliphatic carbocycles. The molecule has 3 rings (SSSR count). The molecule has 1 atom stereocenters. The van der Waals surface area contributed by atoms with Gasteiger partial charge in [0.2, 0.25) is 5.91 Å². The Morgan fingerprint density at radius 2 is 2.11 bits per heavy atom. The first-order chi connectivity index (χ1) is 13.4. The van der Waals surface area contributed by atoms with Crippen molar-refractivity contribution in [3.63, 3.8) is 0 Å². The second kappa shape index (κ2) is 8.94. The Morgan fingerprint density at radius 1 is 1.32 bits per heavy atom. The average Bonchev–Trinajstić information content (AvgIpc) is 2.67.